The summed E-state index contributed by atoms with van der Waals surface area (Å²) in [6.45, 7) is 2.96. The van der Waals surface area contributed by atoms with Crippen LogP contribution in [0.15, 0.2) is 24.3 Å². The molecule has 1 aromatic carbocycles. The summed E-state index contributed by atoms with van der Waals surface area (Å²) in [7, 11) is 0. The van der Waals surface area contributed by atoms with Gasteiger partial charge in [-0.3, -0.25) is 14.5 Å². The molecule has 7 heteroatoms. The van der Waals surface area contributed by atoms with Gasteiger partial charge >= 0.3 is 5.97 Å². The minimum atomic E-state index is -0.818. The Morgan fingerprint density at radius 1 is 1.38 bits per heavy atom. The smallest absolute Gasteiger partial charge is 0.317 e. The minimum absolute atomic E-state index is 0.0491. The number of nitrogens with zero attached hydrogens (tertiary/aromatic N) is 1. The lowest BCUT2D eigenvalue weighted by molar-refractivity contribution is -0.139. The zero-order chi connectivity index (χ0) is 17.5. The Hall–Kier alpha value is -1.79. The van der Waals surface area contributed by atoms with Crippen molar-refractivity contribution in [2.75, 3.05) is 19.7 Å². The lowest BCUT2D eigenvalue weighted by Crippen LogP contribution is -2.54. The van der Waals surface area contributed by atoms with Crippen molar-refractivity contribution in [3.8, 4) is 5.75 Å². The molecule has 0 bridgehead atoms. The summed E-state index contributed by atoms with van der Waals surface area (Å²) in [5, 5.41) is 12.3. The summed E-state index contributed by atoms with van der Waals surface area (Å²) in [5.41, 5.74) is 0. The van der Waals surface area contributed by atoms with Crippen molar-refractivity contribution in [3.05, 3.63) is 29.3 Å². The molecule has 1 aromatic rings. The molecule has 132 valence electrons. The average molecular weight is 355 g/mol. The number of hydrogen-bond donors (Lipinski definition) is 2. The Kier molecular flexibility index (Phi) is 6.87. The number of carbonyl (C=O) groups excluding carboxylic acids is 1. The number of carbonyl (C=O) groups is 2. The normalized spacial score (nSPS) is 19.6. The molecule has 2 rings (SSSR count). The Morgan fingerprint density at radius 2 is 2.08 bits per heavy atom. The van der Waals surface area contributed by atoms with Crippen molar-refractivity contribution in [2.45, 2.75) is 38.3 Å². The summed E-state index contributed by atoms with van der Waals surface area (Å²) in [6, 6.07) is 7.49. The SMILES string of the molecule is CCN(CC(=O)O)C1CC(NC(=O)CCOc2ccccc2Cl)C1. The first kappa shape index (κ1) is 18.5. The fraction of sp³-hybridized carbons (Fsp3) is 0.529. The number of aliphatic carboxylic acids is 1. The van der Waals surface area contributed by atoms with Gasteiger partial charge in [-0.2, -0.15) is 0 Å². The van der Waals surface area contributed by atoms with Gasteiger partial charge in [0.2, 0.25) is 5.91 Å². The Morgan fingerprint density at radius 3 is 2.71 bits per heavy atom. The van der Waals surface area contributed by atoms with Crippen LogP contribution < -0.4 is 10.1 Å². The van der Waals surface area contributed by atoms with E-state index in [2.05, 4.69) is 5.32 Å². The van der Waals surface area contributed by atoms with Gasteiger partial charge in [0, 0.05) is 12.1 Å². The molecule has 1 saturated carbocycles. The molecule has 0 spiro atoms. The molecule has 0 unspecified atom stereocenters. The number of carboxylic acid groups (broad SMARTS) is 1. The molecule has 0 atom stereocenters. The molecule has 0 saturated heterocycles. The van der Waals surface area contributed by atoms with E-state index in [1.807, 2.05) is 24.0 Å². The van der Waals surface area contributed by atoms with Crippen LogP contribution in [-0.2, 0) is 9.59 Å². The maximum absolute atomic E-state index is 11.9. The second kappa shape index (κ2) is 8.89. The second-order valence-corrected chi connectivity index (χ2v) is 6.28. The average Bonchev–Trinajstić information content (AvgIpc) is 2.50. The predicted molar refractivity (Wildman–Crippen MR) is 91.4 cm³/mol. The number of rotatable bonds is 9. The van der Waals surface area contributed by atoms with E-state index >= 15 is 0 Å². The molecule has 0 heterocycles. The lowest BCUT2D eigenvalue weighted by Gasteiger charge is -2.42. The molecule has 1 aliphatic rings. The van der Waals surface area contributed by atoms with Crippen molar-refractivity contribution in [3.63, 3.8) is 0 Å². The van der Waals surface area contributed by atoms with Crippen molar-refractivity contribution < 1.29 is 19.4 Å². The van der Waals surface area contributed by atoms with Gasteiger partial charge in [-0.15, -0.1) is 0 Å². The standard InChI is InChI=1S/C17H23ClN2O4/c1-2-20(11-17(22)23)13-9-12(10-13)19-16(21)7-8-24-15-6-4-3-5-14(15)18/h3-6,12-13H,2,7-11H2,1H3,(H,19,21)(H,22,23). The quantitative estimate of drug-likeness (QED) is 0.710. The van der Waals surface area contributed by atoms with E-state index < -0.39 is 5.97 Å². The summed E-state index contributed by atoms with van der Waals surface area (Å²) in [4.78, 5) is 24.6. The van der Waals surface area contributed by atoms with Crippen molar-refractivity contribution >= 4 is 23.5 Å². The number of benzene rings is 1. The number of carboxylic acids is 1. The van der Waals surface area contributed by atoms with E-state index in [0.717, 1.165) is 12.8 Å². The van der Waals surface area contributed by atoms with Crippen LogP contribution in [0.1, 0.15) is 26.2 Å². The zero-order valence-corrected chi connectivity index (χ0v) is 14.5. The highest BCUT2D eigenvalue weighted by molar-refractivity contribution is 6.32. The Bertz CT molecular complexity index is 575. The highest BCUT2D eigenvalue weighted by Gasteiger charge is 2.34. The number of likely N-dealkylation sites (N-methyl/N-ethyl adjacent to an activating group) is 1. The first-order chi connectivity index (χ1) is 11.5. The molecule has 0 aromatic heterocycles. The fourth-order valence-corrected chi connectivity index (χ4v) is 2.98. The number of nitrogens with one attached hydrogen (secondary N) is 1. The number of para-hydroxylation sites is 1. The largest absolute Gasteiger partial charge is 0.491 e. The van der Waals surface area contributed by atoms with Crippen molar-refractivity contribution in [1.82, 2.24) is 10.2 Å². The Labute approximate surface area is 146 Å². The van der Waals surface area contributed by atoms with Crippen LogP contribution in [0, 0.1) is 0 Å². The minimum Gasteiger partial charge on any atom is -0.491 e. The van der Waals surface area contributed by atoms with Gasteiger partial charge in [0.05, 0.1) is 24.6 Å². The van der Waals surface area contributed by atoms with E-state index in [4.69, 9.17) is 21.4 Å². The third-order valence-electron chi connectivity index (χ3n) is 4.16. The van der Waals surface area contributed by atoms with Crippen LogP contribution >= 0.6 is 11.6 Å². The summed E-state index contributed by atoms with van der Waals surface area (Å²) in [5.74, 6) is -0.309. The van der Waals surface area contributed by atoms with Crippen LogP contribution in [0.2, 0.25) is 5.02 Å². The lowest BCUT2D eigenvalue weighted by atomic mass is 9.85. The molecule has 1 fully saturated rings. The molecule has 0 aliphatic heterocycles. The van der Waals surface area contributed by atoms with Crippen molar-refractivity contribution in [1.29, 1.82) is 0 Å². The first-order valence-corrected chi connectivity index (χ1v) is 8.50. The number of halogens is 1. The zero-order valence-electron chi connectivity index (χ0n) is 13.7. The topological polar surface area (TPSA) is 78.9 Å². The third-order valence-corrected chi connectivity index (χ3v) is 4.47. The van der Waals surface area contributed by atoms with E-state index in [9.17, 15) is 9.59 Å². The fourth-order valence-electron chi connectivity index (χ4n) is 2.79. The van der Waals surface area contributed by atoms with Crippen LogP contribution in [-0.4, -0.2) is 53.7 Å². The highest BCUT2D eigenvalue weighted by Crippen LogP contribution is 2.26. The van der Waals surface area contributed by atoms with Crippen LogP contribution in [0.25, 0.3) is 0 Å². The van der Waals surface area contributed by atoms with Crippen LogP contribution in [0.5, 0.6) is 5.75 Å². The first-order valence-electron chi connectivity index (χ1n) is 8.12. The Balaban J connectivity index is 1.64. The molecule has 1 aliphatic carbocycles. The van der Waals surface area contributed by atoms with Crippen LogP contribution in [0.3, 0.4) is 0 Å². The summed E-state index contributed by atoms with van der Waals surface area (Å²) in [6.07, 6.45) is 1.84. The number of hydrogen-bond acceptors (Lipinski definition) is 4. The number of ether oxygens (including phenoxy) is 1. The molecule has 24 heavy (non-hydrogen) atoms. The van der Waals surface area contributed by atoms with Gasteiger partial charge < -0.3 is 15.2 Å². The van der Waals surface area contributed by atoms with E-state index in [-0.39, 0.29) is 37.6 Å². The highest BCUT2D eigenvalue weighted by atomic mass is 35.5. The molecule has 2 N–H and O–H groups in total. The summed E-state index contributed by atoms with van der Waals surface area (Å²) >= 11 is 5.98. The van der Waals surface area contributed by atoms with Crippen molar-refractivity contribution in [2.24, 2.45) is 0 Å². The summed E-state index contributed by atoms with van der Waals surface area (Å²) < 4.78 is 5.49. The number of amides is 1. The maximum Gasteiger partial charge on any atom is 0.317 e. The molecular weight excluding hydrogens is 332 g/mol. The van der Waals surface area contributed by atoms with Crippen LogP contribution in [0.4, 0.5) is 0 Å². The van der Waals surface area contributed by atoms with Gasteiger partial charge in [0.15, 0.2) is 0 Å². The molecule has 6 nitrogen and oxygen atoms in total. The maximum atomic E-state index is 11.9. The predicted octanol–water partition coefficient (Wildman–Crippen LogP) is 2.16. The van der Waals surface area contributed by atoms with Gasteiger partial charge in [-0.1, -0.05) is 30.7 Å². The molecule has 0 radical (unpaired) electrons. The van der Waals surface area contributed by atoms with Gasteiger partial charge in [-0.05, 0) is 31.5 Å². The van der Waals surface area contributed by atoms with E-state index in [0.29, 0.717) is 17.3 Å². The van der Waals surface area contributed by atoms with E-state index in [1.54, 1.807) is 12.1 Å². The van der Waals surface area contributed by atoms with Gasteiger partial charge in [0.1, 0.15) is 5.75 Å². The van der Waals surface area contributed by atoms with Gasteiger partial charge in [-0.25, -0.2) is 0 Å². The monoisotopic (exact) mass is 354 g/mol. The third kappa shape index (κ3) is 5.39. The van der Waals surface area contributed by atoms with E-state index in [1.165, 1.54) is 0 Å². The van der Waals surface area contributed by atoms with Gasteiger partial charge in [0.25, 0.3) is 0 Å². The molecular formula is C17H23ClN2O4. The second-order valence-electron chi connectivity index (χ2n) is 5.88. The molecule has 1 amide bonds.